The predicted octanol–water partition coefficient (Wildman–Crippen LogP) is 2.98. The monoisotopic (exact) mass is 325 g/mol. The SMILES string of the molecule is CCc1cc(-c2cncc(C(=O)NC3CCCC3)c2)c(C)[nH]c1=O. The summed E-state index contributed by atoms with van der Waals surface area (Å²) < 4.78 is 0. The van der Waals surface area contributed by atoms with Gasteiger partial charge in [0, 0.05) is 40.8 Å². The highest BCUT2D eigenvalue weighted by Gasteiger charge is 2.18. The molecule has 24 heavy (non-hydrogen) atoms. The second-order valence-electron chi connectivity index (χ2n) is 6.43. The summed E-state index contributed by atoms with van der Waals surface area (Å²) in [6.07, 6.45) is 8.45. The molecule has 0 unspecified atom stereocenters. The van der Waals surface area contributed by atoms with Crippen LogP contribution in [0, 0.1) is 6.92 Å². The molecule has 1 amide bonds. The van der Waals surface area contributed by atoms with Crippen molar-refractivity contribution in [2.75, 3.05) is 0 Å². The minimum Gasteiger partial charge on any atom is -0.349 e. The molecule has 5 nitrogen and oxygen atoms in total. The van der Waals surface area contributed by atoms with Crippen molar-refractivity contribution >= 4 is 5.91 Å². The van der Waals surface area contributed by atoms with Gasteiger partial charge in [0.05, 0.1) is 5.56 Å². The third kappa shape index (κ3) is 3.40. The minimum absolute atomic E-state index is 0.0539. The van der Waals surface area contributed by atoms with E-state index < -0.39 is 0 Å². The molecule has 3 rings (SSSR count). The zero-order valence-corrected chi connectivity index (χ0v) is 14.2. The lowest BCUT2D eigenvalue weighted by Gasteiger charge is -2.13. The van der Waals surface area contributed by atoms with E-state index in [9.17, 15) is 9.59 Å². The van der Waals surface area contributed by atoms with Crippen molar-refractivity contribution in [1.29, 1.82) is 0 Å². The average Bonchev–Trinajstić information content (AvgIpc) is 3.08. The fourth-order valence-electron chi connectivity index (χ4n) is 3.28. The number of aryl methyl sites for hydroxylation is 2. The third-order valence-corrected chi connectivity index (χ3v) is 4.70. The lowest BCUT2D eigenvalue weighted by atomic mass is 10.0. The lowest BCUT2D eigenvalue weighted by molar-refractivity contribution is 0.0937. The molecular weight excluding hydrogens is 302 g/mol. The van der Waals surface area contributed by atoms with Crippen molar-refractivity contribution < 1.29 is 4.79 Å². The largest absolute Gasteiger partial charge is 0.349 e. The fraction of sp³-hybridized carbons (Fsp3) is 0.421. The average molecular weight is 325 g/mol. The number of carbonyl (C=O) groups is 1. The smallest absolute Gasteiger partial charge is 0.253 e. The molecule has 2 heterocycles. The zero-order valence-electron chi connectivity index (χ0n) is 14.2. The first kappa shape index (κ1) is 16.4. The van der Waals surface area contributed by atoms with Crippen molar-refractivity contribution in [3.8, 4) is 11.1 Å². The Balaban J connectivity index is 1.90. The summed E-state index contributed by atoms with van der Waals surface area (Å²) in [5.74, 6) is -0.0750. The molecule has 1 aliphatic carbocycles. The number of nitrogens with one attached hydrogen (secondary N) is 2. The van der Waals surface area contributed by atoms with Crippen molar-refractivity contribution in [2.45, 2.75) is 52.0 Å². The van der Waals surface area contributed by atoms with Gasteiger partial charge in [-0.25, -0.2) is 0 Å². The van der Waals surface area contributed by atoms with E-state index in [0.29, 0.717) is 12.0 Å². The number of aromatic nitrogens is 2. The maximum atomic E-state index is 12.4. The minimum atomic E-state index is -0.0750. The lowest BCUT2D eigenvalue weighted by Crippen LogP contribution is -2.32. The summed E-state index contributed by atoms with van der Waals surface area (Å²) in [6, 6.07) is 4.02. The van der Waals surface area contributed by atoms with Crippen molar-refractivity contribution in [1.82, 2.24) is 15.3 Å². The van der Waals surface area contributed by atoms with E-state index in [1.165, 1.54) is 12.8 Å². The molecule has 0 saturated heterocycles. The Morgan fingerprint density at radius 3 is 2.75 bits per heavy atom. The Kier molecular flexibility index (Phi) is 4.79. The summed E-state index contributed by atoms with van der Waals surface area (Å²) in [6.45, 7) is 3.81. The van der Waals surface area contributed by atoms with E-state index in [1.54, 1.807) is 12.4 Å². The maximum absolute atomic E-state index is 12.4. The number of carbonyl (C=O) groups excluding carboxylic acids is 1. The zero-order chi connectivity index (χ0) is 17.1. The van der Waals surface area contributed by atoms with Crippen LogP contribution in [0.4, 0.5) is 0 Å². The topological polar surface area (TPSA) is 74.8 Å². The molecule has 0 spiro atoms. The number of amides is 1. The normalized spacial score (nSPS) is 14.8. The summed E-state index contributed by atoms with van der Waals surface area (Å²) >= 11 is 0. The van der Waals surface area contributed by atoms with Crippen molar-refractivity contribution in [3.05, 3.63) is 51.7 Å². The van der Waals surface area contributed by atoms with Crippen LogP contribution in [0.5, 0.6) is 0 Å². The highest BCUT2D eigenvalue weighted by molar-refractivity contribution is 5.95. The molecule has 0 bridgehead atoms. The molecule has 1 saturated carbocycles. The molecule has 0 aliphatic heterocycles. The van der Waals surface area contributed by atoms with Gasteiger partial charge in [-0.2, -0.15) is 0 Å². The molecule has 2 aromatic rings. The Labute approximate surface area is 141 Å². The van der Waals surface area contributed by atoms with Gasteiger partial charge < -0.3 is 10.3 Å². The highest BCUT2D eigenvalue weighted by atomic mass is 16.1. The molecular formula is C19H23N3O2. The number of aromatic amines is 1. The number of pyridine rings is 2. The predicted molar refractivity (Wildman–Crippen MR) is 94.1 cm³/mol. The quantitative estimate of drug-likeness (QED) is 0.907. The standard InChI is InChI=1S/C19H23N3O2/c1-3-13-9-17(12(2)21-18(13)23)14-8-15(11-20-10-14)19(24)22-16-6-4-5-7-16/h8-11,16H,3-7H2,1-2H3,(H,21,23)(H,22,24). The highest BCUT2D eigenvalue weighted by Crippen LogP contribution is 2.23. The molecule has 5 heteroatoms. The number of hydrogen-bond donors (Lipinski definition) is 2. The van der Waals surface area contributed by atoms with Crippen LogP contribution in [0.3, 0.4) is 0 Å². The van der Waals surface area contributed by atoms with Crippen LogP contribution in [0.2, 0.25) is 0 Å². The maximum Gasteiger partial charge on any atom is 0.253 e. The molecule has 2 aromatic heterocycles. The third-order valence-electron chi connectivity index (χ3n) is 4.70. The molecule has 0 aromatic carbocycles. The number of nitrogens with zero attached hydrogens (tertiary/aromatic N) is 1. The molecule has 1 aliphatic rings. The first-order chi connectivity index (χ1) is 11.6. The van der Waals surface area contributed by atoms with Gasteiger partial charge >= 0.3 is 0 Å². The Morgan fingerprint density at radius 1 is 1.29 bits per heavy atom. The first-order valence-electron chi connectivity index (χ1n) is 8.57. The van der Waals surface area contributed by atoms with Gasteiger partial charge in [0.25, 0.3) is 11.5 Å². The van der Waals surface area contributed by atoms with Crippen LogP contribution in [0.1, 0.15) is 54.2 Å². The Bertz CT molecular complexity index is 804. The van der Waals surface area contributed by atoms with Crippen LogP contribution in [0.15, 0.2) is 29.3 Å². The van der Waals surface area contributed by atoms with Gasteiger partial charge in [0.1, 0.15) is 0 Å². The van der Waals surface area contributed by atoms with E-state index >= 15 is 0 Å². The van der Waals surface area contributed by atoms with Crippen molar-refractivity contribution in [3.63, 3.8) is 0 Å². The van der Waals surface area contributed by atoms with Crippen LogP contribution in [0.25, 0.3) is 11.1 Å². The summed E-state index contributed by atoms with van der Waals surface area (Å²) in [7, 11) is 0. The molecule has 126 valence electrons. The van der Waals surface area contributed by atoms with E-state index in [-0.39, 0.29) is 17.5 Å². The van der Waals surface area contributed by atoms with E-state index in [0.717, 1.165) is 35.2 Å². The van der Waals surface area contributed by atoms with Gasteiger partial charge in [-0.3, -0.25) is 14.6 Å². The van der Waals surface area contributed by atoms with Gasteiger partial charge in [-0.05, 0) is 38.3 Å². The van der Waals surface area contributed by atoms with E-state index in [4.69, 9.17) is 0 Å². The van der Waals surface area contributed by atoms with E-state index in [1.807, 2.05) is 26.0 Å². The Hall–Kier alpha value is -2.43. The van der Waals surface area contributed by atoms with Crippen LogP contribution in [-0.2, 0) is 6.42 Å². The summed E-state index contributed by atoms with van der Waals surface area (Å²) in [5, 5.41) is 3.08. The molecule has 0 radical (unpaired) electrons. The number of rotatable bonds is 4. The van der Waals surface area contributed by atoms with Crippen LogP contribution >= 0.6 is 0 Å². The first-order valence-corrected chi connectivity index (χ1v) is 8.57. The number of hydrogen-bond acceptors (Lipinski definition) is 3. The van der Waals surface area contributed by atoms with Crippen molar-refractivity contribution in [2.24, 2.45) is 0 Å². The van der Waals surface area contributed by atoms with E-state index in [2.05, 4.69) is 15.3 Å². The molecule has 1 fully saturated rings. The van der Waals surface area contributed by atoms with Gasteiger partial charge in [-0.1, -0.05) is 19.8 Å². The Morgan fingerprint density at radius 2 is 2.04 bits per heavy atom. The summed E-state index contributed by atoms with van der Waals surface area (Å²) in [4.78, 5) is 31.4. The second kappa shape index (κ2) is 6.99. The summed E-state index contributed by atoms with van der Waals surface area (Å²) in [5.41, 5.74) is 3.78. The number of H-pyrrole nitrogens is 1. The molecule has 2 N–H and O–H groups in total. The fourth-order valence-corrected chi connectivity index (χ4v) is 3.28. The van der Waals surface area contributed by atoms with Gasteiger partial charge in [0.15, 0.2) is 0 Å². The van der Waals surface area contributed by atoms with Crippen LogP contribution in [-0.4, -0.2) is 21.9 Å². The molecule has 0 atom stereocenters. The van der Waals surface area contributed by atoms with Crippen LogP contribution < -0.4 is 10.9 Å². The second-order valence-corrected chi connectivity index (χ2v) is 6.43. The van der Waals surface area contributed by atoms with Gasteiger partial charge in [-0.15, -0.1) is 0 Å². The van der Waals surface area contributed by atoms with Gasteiger partial charge in [0.2, 0.25) is 0 Å².